The fraction of sp³-hybridized carbons (Fsp3) is 0.188. The van der Waals surface area contributed by atoms with Crippen LogP contribution in [-0.2, 0) is 16.6 Å². The highest BCUT2D eigenvalue weighted by atomic mass is 35.5. The van der Waals surface area contributed by atoms with Gasteiger partial charge in [0.25, 0.3) is 0 Å². The van der Waals surface area contributed by atoms with Gasteiger partial charge in [0.15, 0.2) is 0 Å². The van der Waals surface area contributed by atoms with Gasteiger partial charge in [0.05, 0.1) is 5.41 Å². The van der Waals surface area contributed by atoms with Crippen LogP contribution in [0.4, 0.5) is 0 Å². The SMILES string of the molecule is CC(C=O)(Cc1ccccc1Cl)c1ccccc1. The molecular formula is C16H15ClO. The smallest absolute Gasteiger partial charge is 0.130 e. The third kappa shape index (κ3) is 2.62. The Hall–Kier alpha value is -1.60. The molecule has 0 fully saturated rings. The number of aldehydes is 1. The van der Waals surface area contributed by atoms with E-state index < -0.39 is 5.41 Å². The van der Waals surface area contributed by atoms with E-state index in [2.05, 4.69) is 0 Å². The van der Waals surface area contributed by atoms with Crippen LogP contribution in [0, 0.1) is 0 Å². The van der Waals surface area contributed by atoms with E-state index in [0.717, 1.165) is 17.4 Å². The molecule has 0 amide bonds. The van der Waals surface area contributed by atoms with Gasteiger partial charge in [-0.2, -0.15) is 0 Å². The van der Waals surface area contributed by atoms with Crippen molar-refractivity contribution in [2.24, 2.45) is 0 Å². The highest BCUT2D eigenvalue weighted by Crippen LogP contribution is 2.29. The van der Waals surface area contributed by atoms with Crippen molar-refractivity contribution in [1.82, 2.24) is 0 Å². The van der Waals surface area contributed by atoms with Gasteiger partial charge in [-0.3, -0.25) is 0 Å². The predicted octanol–water partition coefficient (Wildman–Crippen LogP) is 4.04. The van der Waals surface area contributed by atoms with Crippen molar-refractivity contribution in [3.63, 3.8) is 0 Å². The molecule has 92 valence electrons. The minimum Gasteiger partial charge on any atom is -0.302 e. The van der Waals surface area contributed by atoms with Crippen LogP contribution < -0.4 is 0 Å². The molecule has 0 aliphatic carbocycles. The Morgan fingerprint density at radius 2 is 1.67 bits per heavy atom. The second-order valence-corrected chi connectivity index (χ2v) is 5.08. The lowest BCUT2D eigenvalue weighted by molar-refractivity contribution is -0.112. The fourth-order valence-electron chi connectivity index (χ4n) is 2.07. The van der Waals surface area contributed by atoms with Crippen molar-refractivity contribution < 1.29 is 4.79 Å². The summed E-state index contributed by atoms with van der Waals surface area (Å²) >= 11 is 6.16. The van der Waals surface area contributed by atoms with E-state index >= 15 is 0 Å². The van der Waals surface area contributed by atoms with Crippen LogP contribution in [0.15, 0.2) is 54.6 Å². The molecule has 0 bridgehead atoms. The van der Waals surface area contributed by atoms with Crippen LogP contribution in [0.2, 0.25) is 5.02 Å². The average Bonchev–Trinajstić information content (AvgIpc) is 2.42. The minimum atomic E-state index is -0.535. The standard InChI is InChI=1S/C16H15ClO/c1-16(12-18,14-8-3-2-4-9-14)11-13-7-5-6-10-15(13)17/h2-10,12H,11H2,1H3. The predicted molar refractivity (Wildman–Crippen MR) is 75.0 cm³/mol. The van der Waals surface area contributed by atoms with Crippen LogP contribution in [0.1, 0.15) is 18.1 Å². The topological polar surface area (TPSA) is 17.1 Å². The number of halogens is 1. The van der Waals surface area contributed by atoms with E-state index in [1.54, 1.807) is 0 Å². The Bertz CT molecular complexity index is 536. The van der Waals surface area contributed by atoms with Gasteiger partial charge >= 0.3 is 0 Å². The van der Waals surface area contributed by atoms with Crippen LogP contribution >= 0.6 is 11.6 Å². The molecule has 0 saturated carbocycles. The zero-order valence-corrected chi connectivity index (χ0v) is 11.0. The van der Waals surface area contributed by atoms with Gasteiger partial charge in [0.1, 0.15) is 6.29 Å². The molecule has 0 N–H and O–H groups in total. The lowest BCUT2D eigenvalue weighted by Gasteiger charge is -2.24. The van der Waals surface area contributed by atoms with E-state index in [4.69, 9.17) is 11.6 Å². The molecule has 0 saturated heterocycles. The molecule has 1 unspecified atom stereocenters. The largest absolute Gasteiger partial charge is 0.302 e. The van der Waals surface area contributed by atoms with Gasteiger partial charge in [-0.15, -0.1) is 0 Å². The molecule has 0 radical (unpaired) electrons. The molecule has 1 nitrogen and oxygen atoms in total. The van der Waals surface area contributed by atoms with Crippen molar-refractivity contribution in [1.29, 1.82) is 0 Å². The molecule has 0 heterocycles. The molecule has 2 aromatic rings. The van der Waals surface area contributed by atoms with Crippen molar-refractivity contribution in [2.45, 2.75) is 18.8 Å². The van der Waals surface area contributed by atoms with Crippen LogP contribution in [0.5, 0.6) is 0 Å². The Morgan fingerprint density at radius 1 is 1.06 bits per heavy atom. The lowest BCUT2D eigenvalue weighted by atomic mass is 9.79. The normalized spacial score (nSPS) is 13.9. The molecular weight excluding hydrogens is 244 g/mol. The van der Waals surface area contributed by atoms with Crippen LogP contribution in [0.3, 0.4) is 0 Å². The van der Waals surface area contributed by atoms with Gasteiger partial charge in [-0.25, -0.2) is 0 Å². The van der Waals surface area contributed by atoms with E-state index in [0.29, 0.717) is 11.4 Å². The third-order valence-electron chi connectivity index (χ3n) is 3.21. The molecule has 1 atom stereocenters. The number of carbonyl (C=O) groups excluding carboxylic acids is 1. The summed E-state index contributed by atoms with van der Waals surface area (Å²) in [5.41, 5.74) is 1.48. The Kier molecular flexibility index (Phi) is 3.83. The first kappa shape index (κ1) is 12.8. The summed E-state index contributed by atoms with van der Waals surface area (Å²) in [7, 11) is 0. The van der Waals surface area contributed by atoms with Crippen molar-refractivity contribution >= 4 is 17.9 Å². The molecule has 18 heavy (non-hydrogen) atoms. The molecule has 2 heteroatoms. The van der Waals surface area contributed by atoms with Gasteiger partial charge in [-0.1, -0.05) is 60.1 Å². The first-order valence-electron chi connectivity index (χ1n) is 5.91. The molecule has 0 aliphatic rings. The summed E-state index contributed by atoms with van der Waals surface area (Å²) in [5, 5.41) is 0.710. The first-order valence-corrected chi connectivity index (χ1v) is 6.29. The lowest BCUT2D eigenvalue weighted by Crippen LogP contribution is -2.26. The molecule has 0 aliphatic heterocycles. The Labute approximate surface area is 112 Å². The summed E-state index contributed by atoms with van der Waals surface area (Å²) < 4.78 is 0. The van der Waals surface area contributed by atoms with Gasteiger partial charge in [-0.05, 0) is 30.5 Å². The van der Waals surface area contributed by atoms with E-state index in [-0.39, 0.29) is 0 Å². The summed E-state index contributed by atoms with van der Waals surface area (Å²) in [6.45, 7) is 1.94. The fourth-order valence-corrected chi connectivity index (χ4v) is 2.27. The van der Waals surface area contributed by atoms with E-state index in [9.17, 15) is 4.79 Å². The molecule has 2 aromatic carbocycles. The van der Waals surface area contributed by atoms with Crippen molar-refractivity contribution in [3.8, 4) is 0 Å². The average molecular weight is 259 g/mol. The summed E-state index contributed by atoms with van der Waals surface area (Å²) in [5.74, 6) is 0. The monoisotopic (exact) mass is 258 g/mol. The maximum Gasteiger partial charge on any atom is 0.130 e. The maximum absolute atomic E-state index is 11.5. The van der Waals surface area contributed by atoms with E-state index in [1.807, 2.05) is 61.5 Å². The summed E-state index contributed by atoms with van der Waals surface area (Å²) in [6, 6.07) is 17.5. The zero-order chi connectivity index (χ0) is 13.0. The summed E-state index contributed by atoms with van der Waals surface area (Å²) in [6.07, 6.45) is 1.62. The second-order valence-electron chi connectivity index (χ2n) is 4.67. The highest BCUT2D eigenvalue weighted by molar-refractivity contribution is 6.31. The van der Waals surface area contributed by atoms with Crippen LogP contribution in [-0.4, -0.2) is 6.29 Å². The summed E-state index contributed by atoms with van der Waals surface area (Å²) in [4.78, 5) is 11.5. The Morgan fingerprint density at radius 3 is 2.28 bits per heavy atom. The van der Waals surface area contributed by atoms with E-state index in [1.165, 1.54) is 0 Å². The molecule has 0 aromatic heterocycles. The van der Waals surface area contributed by atoms with Crippen molar-refractivity contribution in [3.05, 3.63) is 70.7 Å². The minimum absolute atomic E-state index is 0.535. The number of benzene rings is 2. The zero-order valence-electron chi connectivity index (χ0n) is 10.3. The first-order chi connectivity index (χ1) is 8.65. The van der Waals surface area contributed by atoms with Gasteiger partial charge in [0, 0.05) is 5.02 Å². The number of hydrogen-bond donors (Lipinski definition) is 0. The quantitative estimate of drug-likeness (QED) is 0.757. The second kappa shape index (κ2) is 5.36. The maximum atomic E-state index is 11.5. The number of carbonyl (C=O) groups is 1. The van der Waals surface area contributed by atoms with Gasteiger partial charge < -0.3 is 4.79 Å². The Balaban J connectivity index is 2.35. The van der Waals surface area contributed by atoms with Crippen LogP contribution in [0.25, 0.3) is 0 Å². The number of rotatable bonds is 4. The molecule has 2 rings (SSSR count). The third-order valence-corrected chi connectivity index (χ3v) is 3.58. The van der Waals surface area contributed by atoms with Crippen molar-refractivity contribution in [2.75, 3.05) is 0 Å². The number of hydrogen-bond acceptors (Lipinski definition) is 1. The molecule has 0 spiro atoms. The van der Waals surface area contributed by atoms with Gasteiger partial charge in [0.2, 0.25) is 0 Å². The highest BCUT2D eigenvalue weighted by Gasteiger charge is 2.27.